The Hall–Kier alpha value is -1.75. The maximum Gasteiger partial charge on any atom is 0.338 e. The molecule has 1 saturated heterocycles. The average molecular weight is 351 g/mol. The Morgan fingerprint density at radius 2 is 1.96 bits per heavy atom. The van der Waals surface area contributed by atoms with Crippen molar-refractivity contribution in [2.45, 2.75) is 44.6 Å². The zero-order valence-electron chi connectivity index (χ0n) is 13.7. The number of hydrogen-bond acceptors (Lipinski definition) is 4. The van der Waals surface area contributed by atoms with Crippen molar-refractivity contribution in [3.05, 3.63) is 28.8 Å². The van der Waals surface area contributed by atoms with Crippen LogP contribution in [0.4, 0.5) is 5.69 Å². The largest absolute Gasteiger partial charge is 0.452 e. The number of ether oxygens (including phenoxy) is 1. The molecule has 0 spiro atoms. The first-order valence-corrected chi connectivity index (χ1v) is 8.95. The van der Waals surface area contributed by atoms with Gasteiger partial charge in [-0.15, -0.1) is 0 Å². The summed E-state index contributed by atoms with van der Waals surface area (Å²) in [6, 6.07) is 4.88. The second-order valence-corrected chi connectivity index (χ2v) is 7.06. The number of benzene rings is 1. The van der Waals surface area contributed by atoms with Gasteiger partial charge in [-0.05, 0) is 49.8 Å². The molecule has 130 valence electrons. The Bertz CT molecular complexity index is 633. The molecule has 1 heterocycles. The number of halogens is 1. The number of hydrogen-bond donors (Lipinski definition) is 1. The molecule has 2 aliphatic rings. The summed E-state index contributed by atoms with van der Waals surface area (Å²) in [5, 5.41) is 0.388. The number of amides is 1. The molecule has 1 aliphatic carbocycles. The van der Waals surface area contributed by atoms with Crippen LogP contribution in [0.5, 0.6) is 0 Å². The summed E-state index contributed by atoms with van der Waals surface area (Å²) in [4.78, 5) is 26.5. The fourth-order valence-electron chi connectivity index (χ4n) is 3.90. The Labute approximate surface area is 147 Å². The number of carbonyl (C=O) groups excluding carboxylic acids is 2. The monoisotopic (exact) mass is 350 g/mol. The minimum atomic E-state index is -0.552. The van der Waals surface area contributed by atoms with E-state index in [-0.39, 0.29) is 12.5 Å². The molecule has 24 heavy (non-hydrogen) atoms. The highest BCUT2D eigenvalue weighted by atomic mass is 35.5. The number of piperidine rings is 1. The lowest BCUT2D eigenvalue weighted by Gasteiger charge is -2.44. The van der Waals surface area contributed by atoms with Gasteiger partial charge < -0.3 is 15.4 Å². The average Bonchev–Trinajstić information content (AvgIpc) is 2.61. The molecule has 1 saturated carbocycles. The Kier molecular flexibility index (Phi) is 5.29. The standard InChI is InChI=1S/C18H23ClN2O3/c19-14-8-7-13(10-15(14)20)18(23)24-11-17(22)21-9-3-5-12-4-1-2-6-16(12)21/h7-8,10,12,16H,1-6,9,11,20H2/t12-,16-/m0/s1. The first kappa shape index (κ1) is 17.1. The van der Waals surface area contributed by atoms with Crippen molar-refractivity contribution in [3.8, 4) is 0 Å². The van der Waals surface area contributed by atoms with Gasteiger partial charge in [0.05, 0.1) is 16.3 Å². The van der Waals surface area contributed by atoms with E-state index >= 15 is 0 Å². The van der Waals surface area contributed by atoms with E-state index in [2.05, 4.69) is 0 Å². The maximum atomic E-state index is 12.5. The van der Waals surface area contributed by atoms with Crippen LogP contribution >= 0.6 is 11.6 Å². The Morgan fingerprint density at radius 3 is 2.75 bits per heavy atom. The summed E-state index contributed by atoms with van der Waals surface area (Å²) in [7, 11) is 0. The van der Waals surface area contributed by atoms with Crippen LogP contribution in [0.3, 0.4) is 0 Å². The molecule has 0 bridgehead atoms. The van der Waals surface area contributed by atoms with E-state index in [1.807, 2.05) is 4.90 Å². The number of likely N-dealkylation sites (tertiary alicyclic amines) is 1. The highest BCUT2D eigenvalue weighted by molar-refractivity contribution is 6.33. The molecule has 0 radical (unpaired) electrons. The van der Waals surface area contributed by atoms with E-state index in [0.29, 0.717) is 28.2 Å². The van der Waals surface area contributed by atoms with Gasteiger partial charge in [-0.2, -0.15) is 0 Å². The molecule has 0 aromatic heterocycles. The topological polar surface area (TPSA) is 72.6 Å². The van der Waals surface area contributed by atoms with E-state index in [1.165, 1.54) is 31.7 Å². The third kappa shape index (κ3) is 3.66. The normalized spacial score (nSPS) is 23.5. The Morgan fingerprint density at radius 1 is 1.21 bits per heavy atom. The van der Waals surface area contributed by atoms with Crippen molar-refractivity contribution in [2.75, 3.05) is 18.9 Å². The lowest BCUT2D eigenvalue weighted by molar-refractivity contribution is -0.140. The number of esters is 1. The first-order valence-electron chi connectivity index (χ1n) is 8.58. The summed E-state index contributed by atoms with van der Waals surface area (Å²) in [5.41, 5.74) is 6.31. The Balaban J connectivity index is 1.58. The molecule has 1 amide bonds. The minimum absolute atomic E-state index is 0.0955. The summed E-state index contributed by atoms with van der Waals surface area (Å²) >= 11 is 5.84. The summed E-state index contributed by atoms with van der Waals surface area (Å²) < 4.78 is 5.19. The van der Waals surface area contributed by atoms with Crippen LogP contribution < -0.4 is 5.73 Å². The number of nitrogen functional groups attached to an aromatic ring is 1. The van der Waals surface area contributed by atoms with Gasteiger partial charge in [-0.1, -0.05) is 24.4 Å². The third-order valence-corrected chi connectivity index (χ3v) is 5.47. The highest BCUT2D eigenvalue weighted by Crippen LogP contribution is 2.35. The van der Waals surface area contributed by atoms with Crippen LogP contribution in [-0.2, 0) is 9.53 Å². The zero-order valence-corrected chi connectivity index (χ0v) is 14.4. The fraction of sp³-hybridized carbons (Fsp3) is 0.556. The molecule has 1 aliphatic heterocycles. The lowest BCUT2D eigenvalue weighted by atomic mass is 9.78. The quantitative estimate of drug-likeness (QED) is 0.670. The van der Waals surface area contributed by atoms with E-state index in [0.717, 1.165) is 19.4 Å². The van der Waals surface area contributed by atoms with Crippen molar-refractivity contribution in [3.63, 3.8) is 0 Å². The number of nitrogens with zero attached hydrogens (tertiary/aromatic N) is 1. The van der Waals surface area contributed by atoms with Gasteiger partial charge >= 0.3 is 5.97 Å². The van der Waals surface area contributed by atoms with E-state index in [4.69, 9.17) is 22.1 Å². The van der Waals surface area contributed by atoms with Crippen molar-refractivity contribution < 1.29 is 14.3 Å². The molecule has 0 unspecified atom stereocenters. The molecule has 1 aromatic carbocycles. The highest BCUT2D eigenvalue weighted by Gasteiger charge is 2.35. The SMILES string of the molecule is Nc1cc(C(=O)OCC(=O)N2CCC[C@@H]3CCCC[C@@H]32)ccc1Cl. The summed E-state index contributed by atoms with van der Waals surface area (Å²) in [6.45, 7) is 0.552. The molecule has 2 fully saturated rings. The van der Waals surface area contributed by atoms with Crippen molar-refractivity contribution in [1.29, 1.82) is 0 Å². The molecule has 3 rings (SSSR count). The van der Waals surface area contributed by atoms with Gasteiger partial charge in [-0.25, -0.2) is 4.79 Å². The van der Waals surface area contributed by atoms with Crippen molar-refractivity contribution >= 4 is 29.2 Å². The zero-order chi connectivity index (χ0) is 17.1. The molecule has 2 atom stereocenters. The number of fused-ring (bicyclic) bond motifs is 1. The fourth-order valence-corrected chi connectivity index (χ4v) is 4.02. The van der Waals surface area contributed by atoms with Crippen molar-refractivity contribution in [1.82, 2.24) is 4.90 Å². The van der Waals surface area contributed by atoms with E-state index in [9.17, 15) is 9.59 Å². The maximum absolute atomic E-state index is 12.5. The number of nitrogens with two attached hydrogens (primary N) is 1. The smallest absolute Gasteiger partial charge is 0.338 e. The van der Waals surface area contributed by atoms with Gasteiger partial charge in [-0.3, -0.25) is 4.79 Å². The molecular formula is C18H23ClN2O3. The third-order valence-electron chi connectivity index (χ3n) is 5.12. The second kappa shape index (κ2) is 7.43. The number of rotatable bonds is 3. The molecule has 2 N–H and O–H groups in total. The van der Waals surface area contributed by atoms with Crippen LogP contribution in [-0.4, -0.2) is 36.0 Å². The molecule has 1 aromatic rings. The van der Waals surface area contributed by atoms with Gasteiger partial charge in [0.25, 0.3) is 5.91 Å². The molecular weight excluding hydrogens is 328 g/mol. The van der Waals surface area contributed by atoms with E-state index < -0.39 is 5.97 Å². The molecule has 6 heteroatoms. The minimum Gasteiger partial charge on any atom is -0.452 e. The van der Waals surface area contributed by atoms with Crippen LogP contribution in [0, 0.1) is 5.92 Å². The molecule has 5 nitrogen and oxygen atoms in total. The van der Waals surface area contributed by atoms with Crippen LogP contribution in [0.15, 0.2) is 18.2 Å². The summed E-state index contributed by atoms with van der Waals surface area (Å²) in [5.74, 6) is -0.0333. The summed E-state index contributed by atoms with van der Waals surface area (Å²) in [6.07, 6.45) is 6.95. The van der Waals surface area contributed by atoms with Crippen molar-refractivity contribution in [2.24, 2.45) is 5.92 Å². The van der Waals surface area contributed by atoms with Crippen LogP contribution in [0.2, 0.25) is 5.02 Å². The van der Waals surface area contributed by atoms with E-state index in [1.54, 1.807) is 12.1 Å². The van der Waals surface area contributed by atoms with Crippen LogP contribution in [0.1, 0.15) is 48.9 Å². The second-order valence-electron chi connectivity index (χ2n) is 6.65. The predicted octanol–water partition coefficient (Wildman–Crippen LogP) is 3.26. The van der Waals surface area contributed by atoms with Gasteiger partial charge in [0.15, 0.2) is 6.61 Å². The van der Waals surface area contributed by atoms with Gasteiger partial charge in [0, 0.05) is 12.6 Å². The number of anilines is 1. The predicted molar refractivity (Wildman–Crippen MR) is 92.8 cm³/mol. The first-order chi connectivity index (χ1) is 11.6. The van der Waals surface area contributed by atoms with Crippen LogP contribution in [0.25, 0.3) is 0 Å². The van der Waals surface area contributed by atoms with Gasteiger partial charge in [0.1, 0.15) is 0 Å². The number of carbonyl (C=O) groups is 2. The van der Waals surface area contributed by atoms with Gasteiger partial charge in [0.2, 0.25) is 0 Å². The lowest BCUT2D eigenvalue weighted by Crippen LogP contribution is -2.50.